The van der Waals surface area contributed by atoms with Gasteiger partial charge in [-0.15, -0.1) is 0 Å². The highest BCUT2D eigenvalue weighted by Gasteiger charge is 2.23. The molecule has 3 nitrogen and oxygen atoms in total. The van der Waals surface area contributed by atoms with Gasteiger partial charge in [-0.1, -0.05) is 22.0 Å². The molecule has 1 aliphatic rings. The normalized spacial score (nSPS) is 23.2. The van der Waals surface area contributed by atoms with E-state index in [9.17, 15) is 5.11 Å². The first-order valence-electron chi connectivity index (χ1n) is 6.91. The summed E-state index contributed by atoms with van der Waals surface area (Å²) in [4.78, 5) is 4.81. The van der Waals surface area contributed by atoms with Gasteiger partial charge in [0.1, 0.15) is 0 Å². The molecule has 1 heterocycles. The fourth-order valence-corrected chi connectivity index (χ4v) is 3.20. The Morgan fingerprint density at radius 3 is 2.79 bits per heavy atom. The minimum Gasteiger partial charge on any atom is -0.389 e. The van der Waals surface area contributed by atoms with Crippen molar-refractivity contribution in [2.24, 2.45) is 0 Å². The zero-order chi connectivity index (χ0) is 14.0. The molecule has 1 aromatic carbocycles. The van der Waals surface area contributed by atoms with Crippen LogP contribution in [0.4, 0.5) is 5.69 Å². The van der Waals surface area contributed by atoms with Crippen LogP contribution in [0.3, 0.4) is 0 Å². The van der Waals surface area contributed by atoms with Gasteiger partial charge in [0.05, 0.1) is 6.10 Å². The van der Waals surface area contributed by atoms with E-state index in [1.54, 1.807) is 0 Å². The van der Waals surface area contributed by atoms with Crippen molar-refractivity contribution in [2.75, 3.05) is 31.6 Å². The molecule has 4 heteroatoms. The number of rotatable bonds is 2. The second-order valence-electron chi connectivity index (χ2n) is 5.54. The first-order chi connectivity index (χ1) is 8.99. The van der Waals surface area contributed by atoms with E-state index in [0.717, 1.165) is 41.8 Å². The molecule has 0 saturated carbocycles. The highest BCUT2D eigenvalue weighted by molar-refractivity contribution is 9.10. The molecule has 1 N–H and O–H groups in total. The lowest BCUT2D eigenvalue weighted by Crippen LogP contribution is -2.38. The van der Waals surface area contributed by atoms with E-state index < -0.39 is 6.10 Å². The number of anilines is 1. The maximum atomic E-state index is 9.98. The molecule has 1 fully saturated rings. The predicted molar refractivity (Wildman–Crippen MR) is 83.7 cm³/mol. The number of nitrogens with zero attached hydrogens (tertiary/aromatic N) is 2. The van der Waals surface area contributed by atoms with Crippen LogP contribution in [-0.4, -0.2) is 42.7 Å². The lowest BCUT2D eigenvalue weighted by molar-refractivity contribution is 0.199. The summed E-state index contributed by atoms with van der Waals surface area (Å²) in [6.07, 6.45) is 0.725. The summed E-state index contributed by atoms with van der Waals surface area (Å²) in [5.74, 6) is 0. The lowest BCUT2D eigenvalue weighted by atomic mass is 10.1. The summed E-state index contributed by atoms with van der Waals surface area (Å²) in [7, 11) is 2.18. The van der Waals surface area contributed by atoms with Gasteiger partial charge >= 0.3 is 0 Å². The van der Waals surface area contributed by atoms with Crippen LogP contribution in [-0.2, 0) is 0 Å². The topological polar surface area (TPSA) is 26.7 Å². The summed E-state index contributed by atoms with van der Waals surface area (Å²) in [6.45, 7) is 7.34. The van der Waals surface area contributed by atoms with Crippen molar-refractivity contribution < 1.29 is 5.11 Å². The Morgan fingerprint density at radius 1 is 1.37 bits per heavy atom. The van der Waals surface area contributed by atoms with Crippen molar-refractivity contribution in [3.8, 4) is 0 Å². The second-order valence-corrected chi connectivity index (χ2v) is 6.45. The molecule has 0 aromatic heterocycles. The Morgan fingerprint density at radius 2 is 2.11 bits per heavy atom. The summed E-state index contributed by atoms with van der Waals surface area (Å²) in [5, 5.41) is 9.98. The zero-order valence-electron chi connectivity index (χ0n) is 11.9. The molecule has 1 aromatic rings. The number of likely N-dealkylation sites (N-methyl/N-ethyl adjacent to an activating group) is 1. The zero-order valence-corrected chi connectivity index (χ0v) is 13.5. The number of benzene rings is 1. The SMILES string of the molecule is CC(O)c1ccc(Br)cc1N1CCCN(C)CC1C. The maximum absolute atomic E-state index is 9.98. The largest absolute Gasteiger partial charge is 0.389 e. The molecule has 2 rings (SSSR count). The first kappa shape index (κ1) is 14.8. The van der Waals surface area contributed by atoms with E-state index in [0.29, 0.717) is 6.04 Å². The van der Waals surface area contributed by atoms with Crippen molar-refractivity contribution in [2.45, 2.75) is 32.4 Å². The van der Waals surface area contributed by atoms with Crippen molar-refractivity contribution in [3.05, 3.63) is 28.2 Å². The van der Waals surface area contributed by atoms with Gasteiger partial charge in [0, 0.05) is 34.9 Å². The molecule has 0 bridgehead atoms. The molecule has 0 spiro atoms. The molecular weight excluding hydrogens is 304 g/mol. The minimum atomic E-state index is -0.434. The highest BCUT2D eigenvalue weighted by Crippen LogP contribution is 2.31. The summed E-state index contributed by atoms with van der Waals surface area (Å²) >= 11 is 3.54. The van der Waals surface area contributed by atoms with E-state index >= 15 is 0 Å². The van der Waals surface area contributed by atoms with Crippen LogP contribution >= 0.6 is 15.9 Å². The minimum absolute atomic E-state index is 0.434. The summed E-state index contributed by atoms with van der Waals surface area (Å²) in [6, 6.07) is 6.61. The molecule has 2 unspecified atom stereocenters. The Hall–Kier alpha value is -0.580. The molecular formula is C15H23BrN2O. The molecule has 1 saturated heterocycles. The molecule has 0 amide bonds. The van der Waals surface area contributed by atoms with E-state index in [1.807, 2.05) is 19.1 Å². The third kappa shape index (κ3) is 3.50. The van der Waals surface area contributed by atoms with Gasteiger partial charge in [0.25, 0.3) is 0 Å². The number of aliphatic hydroxyl groups is 1. The van der Waals surface area contributed by atoms with Crippen LogP contribution in [0.5, 0.6) is 0 Å². The number of hydrogen-bond donors (Lipinski definition) is 1. The molecule has 0 aliphatic carbocycles. The predicted octanol–water partition coefficient (Wildman–Crippen LogP) is 3.03. The third-order valence-corrected chi connectivity index (χ3v) is 4.29. The Labute approximate surface area is 124 Å². The van der Waals surface area contributed by atoms with E-state index in [1.165, 1.54) is 0 Å². The Balaban J connectivity index is 2.36. The van der Waals surface area contributed by atoms with Gasteiger partial charge in [-0.3, -0.25) is 0 Å². The van der Waals surface area contributed by atoms with Gasteiger partial charge < -0.3 is 14.9 Å². The van der Waals surface area contributed by atoms with Gasteiger partial charge in [0.15, 0.2) is 0 Å². The fraction of sp³-hybridized carbons (Fsp3) is 0.600. The monoisotopic (exact) mass is 326 g/mol. The van der Waals surface area contributed by atoms with Gasteiger partial charge in [-0.2, -0.15) is 0 Å². The van der Waals surface area contributed by atoms with Crippen molar-refractivity contribution in [3.63, 3.8) is 0 Å². The second kappa shape index (κ2) is 6.25. The molecule has 0 radical (unpaired) electrons. The van der Waals surface area contributed by atoms with E-state index in [2.05, 4.69) is 45.8 Å². The first-order valence-corrected chi connectivity index (χ1v) is 7.71. The average Bonchev–Trinajstić information content (AvgIpc) is 2.49. The van der Waals surface area contributed by atoms with Crippen LogP contribution in [0.1, 0.15) is 31.9 Å². The Bertz CT molecular complexity index is 436. The highest BCUT2D eigenvalue weighted by atomic mass is 79.9. The smallest absolute Gasteiger partial charge is 0.0782 e. The van der Waals surface area contributed by atoms with E-state index in [-0.39, 0.29) is 0 Å². The Kier molecular flexibility index (Phi) is 4.87. The molecule has 106 valence electrons. The van der Waals surface area contributed by atoms with Crippen LogP contribution in [0.15, 0.2) is 22.7 Å². The maximum Gasteiger partial charge on any atom is 0.0782 e. The van der Waals surface area contributed by atoms with Crippen LogP contribution in [0.25, 0.3) is 0 Å². The van der Waals surface area contributed by atoms with Crippen LogP contribution < -0.4 is 4.90 Å². The molecule has 1 aliphatic heterocycles. The van der Waals surface area contributed by atoms with Crippen molar-refractivity contribution in [1.82, 2.24) is 4.90 Å². The fourth-order valence-electron chi connectivity index (χ4n) is 2.85. The number of aliphatic hydroxyl groups excluding tert-OH is 1. The summed E-state index contributed by atoms with van der Waals surface area (Å²) < 4.78 is 1.07. The average molecular weight is 327 g/mol. The molecule has 2 atom stereocenters. The third-order valence-electron chi connectivity index (χ3n) is 3.80. The van der Waals surface area contributed by atoms with Crippen LogP contribution in [0.2, 0.25) is 0 Å². The molecule has 19 heavy (non-hydrogen) atoms. The van der Waals surface area contributed by atoms with Crippen molar-refractivity contribution >= 4 is 21.6 Å². The van der Waals surface area contributed by atoms with Gasteiger partial charge in [-0.25, -0.2) is 0 Å². The van der Waals surface area contributed by atoms with Gasteiger partial charge in [0.2, 0.25) is 0 Å². The number of halogens is 1. The van der Waals surface area contributed by atoms with Gasteiger partial charge in [-0.05, 0) is 46.0 Å². The van der Waals surface area contributed by atoms with Crippen molar-refractivity contribution in [1.29, 1.82) is 0 Å². The summed E-state index contributed by atoms with van der Waals surface area (Å²) in [5.41, 5.74) is 2.17. The van der Waals surface area contributed by atoms with E-state index in [4.69, 9.17) is 0 Å². The quantitative estimate of drug-likeness (QED) is 0.904. The lowest BCUT2D eigenvalue weighted by Gasteiger charge is -2.32. The van der Waals surface area contributed by atoms with Crippen LogP contribution in [0, 0.1) is 0 Å². The number of hydrogen-bond acceptors (Lipinski definition) is 3. The standard InChI is InChI=1S/C15H23BrN2O/c1-11-10-17(3)7-4-8-18(11)15-9-13(16)5-6-14(15)12(2)19/h5-6,9,11-12,19H,4,7-8,10H2,1-3H3.